The summed E-state index contributed by atoms with van der Waals surface area (Å²) in [5.41, 5.74) is 1.92. The maximum atomic E-state index is 12.5. The Bertz CT molecular complexity index is 862. The summed E-state index contributed by atoms with van der Waals surface area (Å²) < 4.78 is 0. The maximum Gasteiger partial charge on any atom is 0.325 e. The summed E-state index contributed by atoms with van der Waals surface area (Å²) in [6, 6.07) is 3.48. The fourth-order valence-electron chi connectivity index (χ4n) is 3.68. The number of hydrogen-bond donors (Lipinski definition) is 3. The van der Waals surface area contributed by atoms with Crippen LogP contribution in [0, 0.1) is 13.8 Å². The van der Waals surface area contributed by atoms with E-state index in [4.69, 9.17) is 0 Å². The largest absolute Gasteiger partial charge is 0.361 e. The van der Waals surface area contributed by atoms with Crippen molar-refractivity contribution in [2.45, 2.75) is 72.1 Å². The Labute approximate surface area is 164 Å². The van der Waals surface area contributed by atoms with Gasteiger partial charge in [-0.1, -0.05) is 12.1 Å². The van der Waals surface area contributed by atoms with E-state index in [-0.39, 0.29) is 24.9 Å². The molecule has 8 nitrogen and oxygen atoms in total. The van der Waals surface area contributed by atoms with Crippen LogP contribution >= 0.6 is 0 Å². The van der Waals surface area contributed by atoms with Crippen LogP contribution in [0.2, 0.25) is 0 Å². The molecule has 0 radical (unpaired) electrons. The minimum absolute atomic E-state index is 0.164. The van der Waals surface area contributed by atoms with E-state index in [9.17, 15) is 19.5 Å². The summed E-state index contributed by atoms with van der Waals surface area (Å²) in [6.07, 6.45) is -1.03. The van der Waals surface area contributed by atoms with Gasteiger partial charge in [0.1, 0.15) is 5.54 Å². The molecule has 1 atom stereocenters. The molecule has 4 amide bonds. The zero-order chi connectivity index (χ0) is 21.0. The summed E-state index contributed by atoms with van der Waals surface area (Å²) in [5, 5.41) is 15.7. The highest BCUT2D eigenvalue weighted by atomic mass is 16.3. The lowest BCUT2D eigenvalue weighted by atomic mass is 9.98. The Kier molecular flexibility index (Phi) is 4.75. The molecular weight excluding hydrogens is 360 g/mol. The number of urea groups is 1. The molecule has 2 aliphatic rings. The van der Waals surface area contributed by atoms with Gasteiger partial charge in [-0.3, -0.25) is 24.7 Å². The summed E-state index contributed by atoms with van der Waals surface area (Å²) in [4.78, 5) is 39.7. The average molecular weight is 388 g/mol. The normalized spacial score (nSPS) is 23.5. The minimum Gasteiger partial charge on any atom is -0.361 e. The van der Waals surface area contributed by atoms with Gasteiger partial charge in [0.25, 0.3) is 5.91 Å². The van der Waals surface area contributed by atoms with Gasteiger partial charge in [-0.25, -0.2) is 4.79 Å². The predicted octanol–water partition coefficient (Wildman–Crippen LogP) is 1.12. The number of rotatable bonds is 4. The fraction of sp³-hybridized carbons (Fsp3) is 0.550. The van der Waals surface area contributed by atoms with E-state index in [2.05, 4.69) is 10.6 Å². The second kappa shape index (κ2) is 6.56. The lowest BCUT2D eigenvalue weighted by molar-refractivity contribution is -0.136. The van der Waals surface area contributed by atoms with Crippen molar-refractivity contribution in [2.75, 3.05) is 0 Å². The molecule has 2 heterocycles. The van der Waals surface area contributed by atoms with Crippen LogP contribution in [0.5, 0.6) is 0 Å². The quantitative estimate of drug-likeness (QED) is 0.671. The molecule has 3 N–H and O–H groups in total. The summed E-state index contributed by atoms with van der Waals surface area (Å²) in [5.74, 6) is -0.416. The first-order valence-electron chi connectivity index (χ1n) is 9.33. The Morgan fingerprint density at radius 3 is 1.89 bits per heavy atom. The Morgan fingerprint density at radius 1 is 0.929 bits per heavy atom. The average Bonchev–Trinajstić information content (AvgIpc) is 2.88. The van der Waals surface area contributed by atoms with Crippen molar-refractivity contribution < 1.29 is 19.5 Å². The van der Waals surface area contributed by atoms with Gasteiger partial charge >= 0.3 is 6.03 Å². The number of carbonyl (C=O) groups excluding carboxylic acids is 3. The lowest BCUT2D eigenvalue weighted by Gasteiger charge is -2.23. The first-order valence-corrected chi connectivity index (χ1v) is 9.33. The molecule has 0 bridgehead atoms. The molecule has 28 heavy (non-hydrogen) atoms. The first kappa shape index (κ1) is 20.3. The summed E-state index contributed by atoms with van der Waals surface area (Å²) >= 11 is 0. The number of nitrogens with one attached hydrogen (secondary N) is 2. The van der Waals surface area contributed by atoms with Crippen molar-refractivity contribution in [3.8, 4) is 0 Å². The number of benzene rings is 1. The molecule has 0 aromatic heterocycles. The molecule has 3 rings (SSSR count). The summed E-state index contributed by atoms with van der Waals surface area (Å²) in [7, 11) is 0. The van der Waals surface area contributed by atoms with Crippen LogP contribution < -0.4 is 10.6 Å². The van der Waals surface area contributed by atoms with E-state index < -0.39 is 23.5 Å². The van der Waals surface area contributed by atoms with Gasteiger partial charge in [0.05, 0.1) is 12.1 Å². The molecule has 0 aliphatic carbocycles. The van der Waals surface area contributed by atoms with Gasteiger partial charge in [-0.2, -0.15) is 0 Å². The van der Waals surface area contributed by atoms with Gasteiger partial charge in [-0.05, 0) is 63.8 Å². The van der Waals surface area contributed by atoms with Gasteiger partial charge in [0, 0.05) is 6.54 Å². The van der Waals surface area contributed by atoms with E-state index in [1.807, 2.05) is 26.0 Å². The molecule has 0 saturated carbocycles. The van der Waals surface area contributed by atoms with E-state index >= 15 is 0 Å². The highest BCUT2D eigenvalue weighted by Gasteiger charge is 2.45. The van der Waals surface area contributed by atoms with Gasteiger partial charge < -0.3 is 10.4 Å². The van der Waals surface area contributed by atoms with E-state index in [1.54, 1.807) is 27.7 Å². The molecule has 2 saturated heterocycles. The molecule has 152 valence electrons. The Balaban J connectivity index is 1.81. The molecule has 2 aliphatic heterocycles. The highest BCUT2D eigenvalue weighted by molar-refractivity contribution is 6.06. The van der Waals surface area contributed by atoms with Crippen molar-refractivity contribution in [1.29, 1.82) is 0 Å². The number of aliphatic hydroxyl groups excluding tert-OH is 1. The van der Waals surface area contributed by atoms with Crippen molar-refractivity contribution >= 4 is 17.8 Å². The molecule has 2 fully saturated rings. The zero-order valence-electron chi connectivity index (χ0n) is 17.2. The van der Waals surface area contributed by atoms with Crippen LogP contribution in [0.4, 0.5) is 4.79 Å². The number of aryl methyl sites for hydroxylation is 2. The maximum absolute atomic E-state index is 12.5. The predicted molar refractivity (Wildman–Crippen MR) is 103 cm³/mol. The van der Waals surface area contributed by atoms with Crippen LogP contribution in [0.1, 0.15) is 49.9 Å². The smallest absolute Gasteiger partial charge is 0.325 e. The highest BCUT2D eigenvalue weighted by Crippen LogP contribution is 2.26. The zero-order valence-corrected chi connectivity index (χ0v) is 17.2. The fourth-order valence-corrected chi connectivity index (χ4v) is 3.68. The molecule has 8 heteroatoms. The molecule has 1 unspecified atom stereocenters. The first-order chi connectivity index (χ1) is 12.8. The lowest BCUT2D eigenvalue weighted by Crippen LogP contribution is -2.41. The molecule has 0 spiro atoms. The SMILES string of the molecule is Cc1cc(CN2C(=O)C(C)(C)NC2O)c(C)cc1CN1C(=O)NC(C)(C)C1=O. The molecule has 1 aromatic rings. The number of nitrogens with zero attached hydrogens (tertiary/aromatic N) is 2. The number of imide groups is 1. The number of carbonyl (C=O) groups is 3. The Hall–Kier alpha value is -2.45. The Morgan fingerprint density at radius 2 is 1.46 bits per heavy atom. The second-order valence-electron chi connectivity index (χ2n) is 8.73. The monoisotopic (exact) mass is 388 g/mol. The second-order valence-corrected chi connectivity index (χ2v) is 8.73. The molecular formula is C20H28N4O4. The van der Waals surface area contributed by atoms with Crippen molar-refractivity contribution in [1.82, 2.24) is 20.4 Å². The third kappa shape index (κ3) is 3.38. The third-order valence-electron chi connectivity index (χ3n) is 5.49. The van der Waals surface area contributed by atoms with E-state index in [0.717, 1.165) is 22.3 Å². The van der Waals surface area contributed by atoms with Crippen molar-refractivity contribution in [3.05, 3.63) is 34.4 Å². The number of aliphatic hydroxyl groups is 1. The topological polar surface area (TPSA) is 102 Å². The molecule has 1 aromatic carbocycles. The van der Waals surface area contributed by atoms with Crippen LogP contribution in [-0.4, -0.2) is 50.2 Å². The van der Waals surface area contributed by atoms with E-state index in [1.165, 1.54) is 9.80 Å². The number of hydrogen-bond acceptors (Lipinski definition) is 5. The van der Waals surface area contributed by atoms with Gasteiger partial charge in [0.15, 0.2) is 6.35 Å². The summed E-state index contributed by atoms with van der Waals surface area (Å²) in [6.45, 7) is 11.1. The van der Waals surface area contributed by atoms with Crippen LogP contribution in [-0.2, 0) is 22.7 Å². The van der Waals surface area contributed by atoms with Crippen LogP contribution in [0.3, 0.4) is 0 Å². The minimum atomic E-state index is -1.03. The van der Waals surface area contributed by atoms with Gasteiger partial charge in [0.2, 0.25) is 5.91 Å². The van der Waals surface area contributed by atoms with Crippen molar-refractivity contribution in [3.63, 3.8) is 0 Å². The van der Waals surface area contributed by atoms with Crippen LogP contribution in [0.25, 0.3) is 0 Å². The van der Waals surface area contributed by atoms with E-state index in [0.29, 0.717) is 0 Å². The number of amides is 4. The standard InChI is InChI=1S/C20H28N4O4/c1-11-7-14(10-24-16(26)20(5,6)22-18(24)28)12(2)8-13(11)9-23-15(25)19(3,4)21-17(23)27/h7-8,17,21,27H,9-10H2,1-6H3,(H,22,28). The van der Waals surface area contributed by atoms with Crippen molar-refractivity contribution in [2.24, 2.45) is 0 Å². The van der Waals surface area contributed by atoms with Crippen LogP contribution in [0.15, 0.2) is 12.1 Å². The third-order valence-corrected chi connectivity index (χ3v) is 5.49. The van der Waals surface area contributed by atoms with Gasteiger partial charge in [-0.15, -0.1) is 0 Å².